The second-order valence-corrected chi connectivity index (χ2v) is 4.31. The van der Waals surface area contributed by atoms with Crippen molar-refractivity contribution in [3.8, 4) is 0 Å². The molecule has 0 amide bonds. The molecule has 2 aromatic rings. The molecule has 1 heterocycles. The average Bonchev–Trinajstić information content (AvgIpc) is 2.73. The lowest BCUT2D eigenvalue weighted by Gasteiger charge is -2.06. The molecule has 4 nitrogen and oxygen atoms in total. The van der Waals surface area contributed by atoms with Crippen molar-refractivity contribution in [2.75, 3.05) is 0 Å². The highest BCUT2D eigenvalue weighted by Crippen LogP contribution is 2.29. The molecule has 0 fully saturated rings. The minimum atomic E-state index is 0.0535. The van der Waals surface area contributed by atoms with Crippen LogP contribution in [0.5, 0.6) is 0 Å². The Balaban J connectivity index is 2.36. The summed E-state index contributed by atoms with van der Waals surface area (Å²) in [4.78, 5) is 4.89. The third-order valence-electron chi connectivity index (χ3n) is 2.03. The summed E-state index contributed by atoms with van der Waals surface area (Å²) < 4.78 is 5.14. The zero-order valence-electron chi connectivity index (χ0n) is 8.73. The van der Waals surface area contributed by atoms with Crippen LogP contribution >= 0.6 is 11.8 Å². The number of aryl methyl sites for hydroxylation is 1. The zero-order valence-corrected chi connectivity index (χ0v) is 9.54. The summed E-state index contributed by atoms with van der Waals surface area (Å²) in [5.74, 6) is 0.0535. The molecule has 1 aromatic carbocycles. The van der Waals surface area contributed by atoms with Gasteiger partial charge in [0.1, 0.15) is 12.1 Å². The molecule has 3 N–H and O–H groups in total. The summed E-state index contributed by atoms with van der Waals surface area (Å²) in [7, 11) is 0. The van der Waals surface area contributed by atoms with E-state index in [1.54, 1.807) is 6.20 Å². The molecule has 5 heteroatoms. The van der Waals surface area contributed by atoms with Crippen molar-refractivity contribution in [3.05, 3.63) is 41.8 Å². The molecule has 0 aliphatic carbocycles. The van der Waals surface area contributed by atoms with Gasteiger partial charge in [0.15, 0.2) is 0 Å². The summed E-state index contributed by atoms with van der Waals surface area (Å²) >= 11 is 1.36. The van der Waals surface area contributed by atoms with E-state index in [0.29, 0.717) is 10.8 Å². The largest absolute Gasteiger partial charge is 0.440 e. The summed E-state index contributed by atoms with van der Waals surface area (Å²) in [5, 5.41) is 8.06. The van der Waals surface area contributed by atoms with Gasteiger partial charge >= 0.3 is 0 Å². The number of oxazole rings is 1. The summed E-state index contributed by atoms with van der Waals surface area (Å²) in [6, 6.07) is 5.77. The zero-order chi connectivity index (χ0) is 11.5. The standard InChI is InChI=1S/C11H11N3OS/c1-7-2-3-9(8(6-7)10(12)13)16-11-14-4-5-15-11/h2-6H,1H3,(H3,12,13). The van der Waals surface area contributed by atoms with E-state index in [-0.39, 0.29) is 5.84 Å². The Morgan fingerprint density at radius 1 is 1.50 bits per heavy atom. The number of nitrogens with zero attached hydrogens (tertiary/aromatic N) is 1. The van der Waals surface area contributed by atoms with E-state index in [1.807, 2.05) is 25.1 Å². The van der Waals surface area contributed by atoms with Crippen molar-refractivity contribution >= 4 is 17.6 Å². The number of nitrogens with two attached hydrogens (primary N) is 1. The van der Waals surface area contributed by atoms with Gasteiger partial charge in [-0.25, -0.2) is 4.98 Å². The van der Waals surface area contributed by atoms with Crippen molar-refractivity contribution in [2.45, 2.75) is 17.0 Å². The Bertz CT molecular complexity index is 508. The highest BCUT2D eigenvalue weighted by molar-refractivity contribution is 7.99. The van der Waals surface area contributed by atoms with Gasteiger partial charge in [-0.2, -0.15) is 0 Å². The minimum Gasteiger partial charge on any atom is -0.440 e. The molecule has 0 spiro atoms. The van der Waals surface area contributed by atoms with Gasteiger partial charge in [0.25, 0.3) is 5.22 Å². The van der Waals surface area contributed by atoms with Gasteiger partial charge < -0.3 is 10.2 Å². The number of nitrogens with one attached hydrogen (secondary N) is 1. The minimum absolute atomic E-state index is 0.0535. The average molecular weight is 233 g/mol. The van der Waals surface area contributed by atoms with Gasteiger partial charge in [0.05, 0.1) is 6.20 Å². The fourth-order valence-electron chi connectivity index (χ4n) is 1.30. The first-order valence-corrected chi connectivity index (χ1v) is 5.51. The molecule has 16 heavy (non-hydrogen) atoms. The third-order valence-corrected chi connectivity index (χ3v) is 2.98. The number of amidine groups is 1. The van der Waals surface area contributed by atoms with Crippen LogP contribution in [-0.4, -0.2) is 10.8 Å². The van der Waals surface area contributed by atoms with Crippen LogP contribution in [0, 0.1) is 12.3 Å². The monoisotopic (exact) mass is 233 g/mol. The number of hydrogen-bond donors (Lipinski definition) is 2. The predicted molar refractivity (Wildman–Crippen MR) is 62.8 cm³/mol. The van der Waals surface area contributed by atoms with Gasteiger partial charge in [-0.05, 0) is 30.8 Å². The van der Waals surface area contributed by atoms with Crippen LogP contribution in [0.3, 0.4) is 0 Å². The number of hydrogen-bond acceptors (Lipinski definition) is 4. The maximum Gasteiger partial charge on any atom is 0.260 e. The normalized spacial score (nSPS) is 10.3. The van der Waals surface area contributed by atoms with Gasteiger partial charge in [-0.3, -0.25) is 5.41 Å². The van der Waals surface area contributed by atoms with E-state index in [9.17, 15) is 0 Å². The highest BCUT2D eigenvalue weighted by Gasteiger charge is 2.09. The lowest BCUT2D eigenvalue weighted by Crippen LogP contribution is -2.12. The molecule has 0 atom stereocenters. The van der Waals surface area contributed by atoms with E-state index < -0.39 is 0 Å². The van der Waals surface area contributed by atoms with Crippen LogP contribution in [0.2, 0.25) is 0 Å². The molecule has 0 aliphatic rings. The van der Waals surface area contributed by atoms with Gasteiger partial charge in [0.2, 0.25) is 0 Å². The van der Waals surface area contributed by atoms with Crippen LogP contribution in [0.25, 0.3) is 0 Å². The van der Waals surface area contributed by atoms with E-state index in [1.165, 1.54) is 18.0 Å². The fraction of sp³-hybridized carbons (Fsp3) is 0.0909. The quantitative estimate of drug-likeness (QED) is 0.630. The third kappa shape index (κ3) is 2.25. The Morgan fingerprint density at radius 2 is 2.31 bits per heavy atom. The summed E-state index contributed by atoms with van der Waals surface area (Å²) in [6.45, 7) is 1.96. The van der Waals surface area contributed by atoms with Crippen molar-refractivity contribution < 1.29 is 4.42 Å². The fourth-order valence-corrected chi connectivity index (χ4v) is 2.12. The Kier molecular flexibility index (Phi) is 2.96. The maximum atomic E-state index is 7.52. The van der Waals surface area contributed by atoms with Crippen LogP contribution < -0.4 is 5.73 Å². The van der Waals surface area contributed by atoms with Crippen molar-refractivity contribution in [1.82, 2.24) is 4.98 Å². The molecule has 0 saturated carbocycles. The van der Waals surface area contributed by atoms with Gasteiger partial charge in [0, 0.05) is 10.5 Å². The van der Waals surface area contributed by atoms with Crippen LogP contribution in [-0.2, 0) is 0 Å². The van der Waals surface area contributed by atoms with Crippen LogP contribution in [0.1, 0.15) is 11.1 Å². The van der Waals surface area contributed by atoms with E-state index in [0.717, 1.165) is 10.5 Å². The Hall–Kier alpha value is -1.75. The van der Waals surface area contributed by atoms with E-state index >= 15 is 0 Å². The van der Waals surface area contributed by atoms with Gasteiger partial charge in [-0.15, -0.1) is 0 Å². The second-order valence-electron chi connectivity index (χ2n) is 3.31. The topological polar surface area (TPSA) is 75.9 Å². The summed E-state index contributed by atoms with van der Waals surface area (Å²) in [5.41, 5.74) is 7.31. The molecule has 82 valence electrons. The van der Waals surface area contributed by atoms with E-state index in [4.69, 9.17) is 15.6 Å². The van der Waals surface area contributed by atoms with Crippen molar-refractivity contribution in [2.24, 2.45) is 5.73 Å². The van der Waals surface area contributed by atoms with Crippen molar-refractivity contribution in [3.63, 3.8) is 0 Å². The SMILES string of the molecule is Cc1ccc(Sc2ncco2)c(C(=N)N)c1. The number of aromatic nitrogens is 1. The van der Waals surface area contributed by atoms with Crippen molar-refractivity contribution in [1.29, 1.82) is 5.41 Å². The summed E-state index contributed by atoms with van der Waals surface area (Å²) in [6.07, 6.45) is 3.11. The lowest BCUT2D eigenvalue weighted by molar-refractivity contribution is 0.454. The molecule has 0 unspecified atom stereocenters. The van der Waals surface area contributed by atoms with Crippen LogP contribution in [0.4, 0.5) is 0 Å². The molecule has 0 saturated heterocycles. The second kappa shape index (κ2) is 4.40. The number of benzene rings is 1. The van der Waals surface area contributed by atoms with Gasteiger partial charge in [-0.1, -0.05) is 11.6 Å². The molecular formula is C11H11N3OS. The first-order chi connectivity index (χ1) is 7.66. The maximum absolute atomic E-state index is 7.52. The van der Waals surface area contributed by atoms with E-state index in [2.05, 4.69) is 4.98 Å². The number of rotatable bonds is 3. The molecule has 0 aliphatic heterocycles. The predicted octanol–water partition coefficient (Wildman–Crippen LogP) is 2.42. The smallest absolute Gasteiger partial charge is 0.260 e. The number of nitrogen functional groups attached to an aromatic ring is 1. The molecule has 0 radical (unpaired) electrons. The first-order valence-electron chi connectivity index (χ1n) is 4.69. The molecule has 1 aromatic heterocycles. The molecule has 2 rings (SSSR count). The Morgan fingerprint density at radius 3 is 2.94 bits per heavy atom. The Labute approximate surface area is 97.4 Å². The molecule has 0 bridgehead atoms. The first kappa shape index (κ1) is 10.8. The molecular weight excluding hydrogens is 222 g/mol. The van der Waals surface area contributed by atoms with Crippen LogP contribution in [0.15, 0.2) is 45.2 Å². The lowest BCUT2D eigenvalue weighted by atomic mass is 10.1. The highest BCUT2D eigenvalue weighted by atomic mass is 32.2.